The third-order valence-corrected chi connectivity index (χ3v) is 8.00. The van der Waals surface area contributed by atoms with Crippen LogP contribution in [0.2, 0.25) is 0 Å². The molecule has 0 saturated carbocycles. The van der Waals surface area contributed by atoms with E-state index >= 15 is 0 Å². The fourth-order valence-electron chi connectivity index (χ4n) is 5.96. The number of benzene rings is 5. The molecule has 1 aliphatic carbocycles. The molecule has 200 valence electrons. The van der Waals surface area contributed by atoms with Crippen LogP contribution in [0, 0.1) is 0 Å². The van der Waals surface area contributed by atoms with Gasteiger partial charge in [-0.25, -0.2) is 0 Å². The van der Waals surface area contributed by atoms with Gasteiger partial charge in [-0.15, -0.1) is 0 Å². The molecule has 5 aromatic carbocycles. The van der Waals surface area contributed by atoms with Gasteiger partial charge in [0.2, 0.25) is 0 Å². The lowest BCUT2D eigenvalue weighted by Gasteiger charge is -2.27. The van der Waals surface area contributed by atoms with Crippen LogP contribution in [0.1, 0.15) is 30.5 Å². The highest BCUT2D eigenvalue weighted by Crippen LogP contribution is 2.51. The molecule has 0 radical (unpaired) electrons. The second kappa shape index (κ2) is 10.8. The summed E-state index contributed by atoms with van der Waals surface area (Å²) in [5.74, 6) is 0. The number of rotatable bonds is 7. The van der Waals surface area contributed by atoms with Gasteiger partial charge in [0.1, 0.15) is 0 Å². The van der Waals surface area contributed by atoms with Crippen LogP contribution in [0.5, 0.6) is 0 Å². The van der Waals surface area contributed by atoms with E-state index in [0.29, 0.717) is 0 Å². The molecule has 0 saturated heterocycles. The molecule has 6 rings (SSSR count). The Morgan fingerprint density at radius 2 is 1.24 bits per heavy atom. The molecule has 0 heterocycles. The molecule has 0 amide bonds. The normalized spacial score (nSPS) is 13.3. The van der Waals surface area contributed by atoms with Gasteiger partial charge in [-0.1, -0.05) is 118 Å². The summed E-state index contributed by atoms with van der Waals surface area (Å²) in [6, 6.07) is 40.8. The van der Waals surface area contributed by atoms with E-state index < -0.39 is 0 Å². The Morgan fingerprint density at radius 1 is 0.585 bits per heavy atom. The molecule has 0 atom stereocenters. The van der Waals surface area contributed by atoms with Gasteiger partial charge < -0.3 is 10.6 Å². The van der Waals surface area contributed by atoms with Gasteiger partial charge in [0, 0.05) is 33.7 Å². The van der Waals surface area contributed by atoms with Crippen LogP contribution in [-0.2, 0) is 5.41 Å². The number of anilines is 4. The number of para-hydroxylation sites is 2. The van der Waals surface area contributed by atoms with Gasteiger partial charge in [0.15, 0.2) is 0 Å². The minimum absolute atomic E-state index is 0.116. The lowest BCUT2D eigenvalue weighted by atomic mass is 9.81. The zero-order chi connectivity index (χ0) is 28.4. The average Bonchev–Trinajstić information content (AvgIpc) is 3.22. The summed E-state index contributed by atoms with van der Waals surface area (Å²) in [5.41, 5.74) is 19.2. The Bertz CT molecular complexity index is 1740. The van der Waals surface area contributed by atoms with Gasteiger partial charge in [-0.3, -0.25) is 0 Å². The SMILES string of the molecule is C=C/C=C\C=C/c1ccc(N(c2ccccc2)c2ccccc2)cc1-c1cc2c(cc1N)-c1ccccc1C2(C)C. The van der Waals surface area contributed by atoms with Crippen LogP contribution in [0.4, 0.5) is 22.7 Å². The van der Waals surface area contributed by atoms with Crippen LogP contribution < -0.4 is 10.6 Å². The number of nitrogens with zero attached hydrogens (tertiary/aromatic N) is 1. The zero-order valence-electron chi connectivity index (χ0n) is 23.6. The molecule has 0 aliphatic heterocycles. The molecule has 2 nitrogen and oxygen atoms in total. The fraction of sp³-hybridized carbons (Fsp3) is 0.0769. The molecule has 0 fully saturated rings. The summed E-state index contributed by atoms with van der Waals surface area (Å²) in [4.78, 5) is 2.29. The van der Waals surface area contributed by atoms with Gasteiger partial charge in [-0.2, -0.15) is 0 Å². The second-order valence-corrected chi connectivity index (χ2v) is 10.9. The Balaban J connectivity index is 1.56. The zero-order valence-corrected chi connectivity index (χ0v) is 23.6. The van der Waals surface area contributed by atoms with E-state index in [1.165, 1.54) is 22.3 Å². The van der Waals surface area contributed by atoms with Gasteiger partial charge >= 0.3 is 0 Å². The van der Waals surface area contributed by atoms with Crippen molar-refractivity contribution in [3.63, 3.8) is 0 Å². The first-order valence-electron chi connectivity index (χ1n) is 14.0. The summed E-state index contributed by atoms with van der Waals surface area (Å²) < 4.78 is 0. The summed E-state index contributed by atoms with van der Waals surface area (Å²) in [6.07, 6.45) is 9.90. The Labute approximate surface area is 243 Å². The molecular formula is C39H34N2. The van der Waals surface area contributed by atoms with Crippen LogP contribution in [0.3, 0.4) is 0 Å². The van der Waals surface area contributed by atoms with E-state index in [9.17, 15) is 0 Å². The number of allylic oxidation sites excluding steroid dienone is 4. The van der Waals surface area contributed by atoms with Crippen LogP contribution in [0.15, 0.2) is 146 Å². The van der Waals surface area contributed by atoms with Gasteiger partial charge in [0.05, 0.1) is 0 Å². The van der Waals surface area contributed by atoms with Crippen molar-refractivity contribution in [2.75, 3.05) is 10.6 Å². The molecule has 1 aliphatic rings. The highest BCUT2D eigenvalue weighted by atomic mass is 15.1. The Hall–Kier alpha value is -5.08. The summed E-state index contributed by atoms with van der Waals surface area (Å²) in [6.45, 7) is 8.41. The summed E-state index contributed by atoms with van der Waals surface area (Å²) >= 11 is 0. The molecule has 0 unspecified atom stereocenters. The lowest BCUT2D eigenvalue weighted by Crippen LogP contribution is -2.15. The molecule has 2 heteroatoms. The fourth-order valence-corrected chi connectivity index (χ4v) is 5.96. The standard InChI is InChI=1S/C39H34N2/c1-4-5-6-9-16-28-23-24-31(41(29-17-10-7-11-18-29)30-19-12-8-13-20-30)25-33(28)35-26-37-34(27-38(35)40)32-21-14-15-22-36(32)39(37,2)3/h4-27H,1,40H2,2-3H3/b6-5-,16-9-. The highest BCUT2D eigenvalue weighted by molar-refractivity contribution is 5.93. The average molecular weight is 531 g/mol. The predicted molar refractivity (Wildman–Crippen MR) is 177 cm³/mol. The van der Waals surface area contributed by atoms with E-state index in [0.717, 1.165) is 39.4 Å². The van der Waals surface area contributed by atoms with E-state index in [2.05, 4.69) is 141 Å². The van der Waals surface area contributed by atoms with Crippen molar-refractivity contribution in [1.82, 2.24) is 0 Å². The van der Waals surface area contributed by atoms with Crippen molar-refractivity contribution in [2.45, 2.75) is 19.3 Å². The maximum Gasteiger partial charge on any atom is 0.0468 e. The third kappa shape index (κ3) is 4.79. The van der Waals surface area contributed by atoms with Crippen molar-refractivity contribution in [3.8, 4) is 22.3 Å². The first kappa shape index (κ1) is 26.2. The number of hydrogen-bond donors (Lipinski definition) is 1. The Kier molecular flexibility index (Phi) is 6.91. The lowest BCUT2D eigenvalue weighted by molar-refractivity contribution is 0.660. The van der Waals surface area contributed by atoms with E-state index in [-0.39, 0.29) is 5.41 Å². The number of nitrogens with two attached hydrogens (primary N) is 1. The minimum Gasteiger partial charge on any atom is -0.398 e. The van der Waals surface area contributed by atoms with E-state index in [1.54, 1.807) is 6.08 Å². The Morgan fingerprint density at radius 3 is 1.93 bits per heavy atom. The largest absolute Gasteiger partial charge is 0.398 e. The van der Waals surface area contributed by atoms with Crippen molar-refractivity contribution < 1.29 is 0 Å². The molecule has 0 bridgehead atoms. The first-order chi connectivity index (χ1) is 20.0. The quantitative estimate of drug-likeness (QED) is 0.167. The van der Waals surface area contributed by atoms with Crippen LogP contribution in [0.25, 0.3) is 28.3 Å². The van der Waals surface area contributed by atoms with Gasteiger partial charge in [-0.05, 0) is 81.9 Å². The molecule has 0 spiro atoms. The highest BCUT2D eigenvalue weighted by Gasteiger charge is 2.36. The molecule has 0 aromatic heterocycles. The molecule has 2 N–H and O–H groups in total. The maximum atomic E-state index is 6.90. The van der Waals surface area contributed by atoms with Crippen molar-refractivity contribution in [1.29, 1.82) is 0 Å². The number of fused-ring (bicyclic) bond motifs is 3. The molecule has 5 aromatic rings. The van der Waals surface area contributed by atoms with Crippen molar-refractivity contribution in [2.24, 2.45) is 0 Å². The number of hydrogen-bond acceptors (Lipinski definition) is 2. The monoisotopic (exact) mass is 530 g/mol. The second-order valence-electron chi connectivity index (χ2n) is 10.9. The number of nitrogen functional groups attached to an aromatic ring is 1. The molecule has 41 heavy (non-hydrogen) atoms. The van der Waals surface area contributed by atoms with E-state index in [4.69, 9.17) is 5.73 Å². The molecular weight excluding hydrogens is 496 g/mol. The van der Waals surface area contributed by atoms with Crippen LogP contribution in [-0.4, -0.2) is 0 Å². The summed E-state index contributed by atoms with van der Waals surface area (Å²) in [5, 5.41) is 0. The summed E-state index contributed by atoms with van der Waals surface area (Å²) in [7, 11) is 0. The topological polar surface area (TPSA) is 29.3 Å². The van der Waals surface area contributed by atoms with Crippen molar-refractivity contribution in [3.05, 3.63) is 163 Å². The van der Waals surface area contributed by atoms with Crippen molar-refractivity contribution >= 4 is 28.8 Å². The first-order valence-corrected chi connectivity index (χ1v) is 14.0. The smallest absolute Gasteiger partial charge is 0.0468 e. The predicted octanol–water partition coefficient (Wildman–Crippen LogP) is 10.5. The third-order valence-electron chi connectivity index (χ3n) is 8.00. The maximum absolute atomic E-state index is 6.90. The minimum atomic E-state index is -0.116. The van der Waals surface area contributed by atoms with E-state index in [1.807, 2.05) is 24.3 Å². The van der Waals surface area contributed by atoms with Gasteiger partial charge in [0.25, 0.3) is 0 Å². The van der Waals surface area contributed by atoms with Crippen LogP contribution >= 0.6 is 0 Å².